The van der Waals surface area contributed by atoms with Gasteiger partial charge in [0.25, 0.3) is 5.91 Å². The Balaban J connectivity index is 2.04. The predicted molar refractivity (Wildman–Crippen MR) is 81.6 cm³/mol. The molecule has 0 bridgehead atoms. The van der Waals surface area contributed by atoms with Gasteiger partial charge in [0.2, 0.25) is 0 Å². The number of nitrogens with one attached hydrogen (secondary N) is 1. The Bertz CT molecular complexity index is 549. The molecule has 0 unspecified atom stereocenters. The molecule has 0 aliphatic heterocycles. The summed E-state index contributed by atoms with van der Waals surface area (Å²) in [5, 5.41) is 12.1. The van der Waals surface area contributed by atoms with E-state index in [1.165, 1.54) is 0 Å². The van der Waals surface area contributed by atoms with E-state index in [1.54, 1.807) is 6.08 Å². The zero-order valence-corrected chi connectivity index (χ0v) is 12.3. The van der Waals surface area contributed by atoms with Crippen molar-refractivity contribution in [2.75, 3.05) is 6.61 Å². The molecule has 0 heterocycles. The van der Waals surface area contributed by atoms with Crippen LogP contribution in [0.15, 0.2) is 29.8 Å². The van der Waals surface area contributed by atoms with Gasteiger partial charge in [-0.2, -0.15) is 5.26 Å². The molecular formula is C17H20N2O2. The van der Waals surface area contributed by atoms with Crippen LogP contribution in [-0.4, -0.2) is 18.6 Å². The highest BCUT2D eigenvalue weighted by Gasteiger charge is 2.19. The van der Waals surface area contributed by atoms with E-state index in [0.717, 1.165) is 37.0 Å². The van der Waals surface area contributed by atoms with Gasteiger partial charge in [-0.3, -0.25) is 4.79 Å². The summed E-state index contributed by atoms with van der Waals surface area (Å²) in [7, 11) is 0. The minimum atomic E-state index is -0.279. The van der Waals surface area contributed by atoms with Crippen molar-refractivity contribution in [2.24, 2.45) is 0 Å². The maximum absolute atomic E-state index is 12.1. The van der Waals surface area contributed by atoms with Crippen LogP contribution in [0.1, 0.15) is 38.2 Å². The fourth-order valence-electron chi connectivity index (χ4n) is 2.48. The molecule has 1 aromatic rings. The van der Waals surface area contributed by atoms with E-state index < -0.39 is 0 Å². The Morgan fingerprint density at radius 1 is 1.38 bits per heavy atom. The van der Waals surface area contributed by atoms with Gasteiger partial charge < -0.3 is 10.1 Å². The summed E-state index contributed by atoms with van der Waals surface area (Å²) in [6.45, 7) is 2.54. The molecule has 1 N–H and O–H groups in total. The molecule has 0 radical (unpaired) electrons. The Hall–Kier alpha value is -2.28. The second-order valence-corrected chi connectivity index (χ2v) is 5.13. The second kappa shape index (κ2) is 7.49. The molecule has 1 aliphatic carbocycles. The topological polar surface area (TPSA) is 62.1 Å². The van der Waals surface area contributed by atoms with Crippen LogP contribution in [0.4, 0.5) is 0 Å². The largest absolute Gasteiger partial charge is 0.494 e. The van der Waals surface area contributed by atoms with E-state index in [-0.39, 0.29) is 17.5 Å². The van der Waals surface area contributed by atoms with Gasteiger partial charge >= 0.3 is 0 Å². The zero-order valence-electron chi connectivity index (χ0n) is 12.3. The maximum Gasteiger partial charge on any atom is 0.262 e. The van der Waals surface area contributed by atoms with Crippen molar-refractivity contribution < 1.29 is 9.53 Å². The Labute approximate surface area is 125 Å². The molecule has 0 spiro atoms. The summed E-state index contributed by atoms with van der Waals surface area (Å²) in [4.78, 5) is 12.1. The third-order valence-corrected chi connectivity index (χ3v) is 3.56. The van der Waals surface area contributed by atoms with Gasteiger partial charge in [-0.15, -0.1) is 0 Å². The zero-order chi connectivity index (χ0) is 15.1. The summed E-state index contributed by atoms with van der Waals surface area (Å²) in [6.07, 6.45) is 5.92. The van der Waals surface area contributed by atoms with Crippen molar-refractivity contribution in [1.82, 2.24) is 5.32 Å². The smallest absolute Gasteiger partial charge is 0.262 e. The number of carbonyl (C=O) groups is 1. The summed E-state index contributed by atoms with van der Waals surface area (Å²) in [5.74, 6) is 0.502. The fraction of sp³-hybridized carbons (Fsp3) is 0.412. The molecule has 4 heteroatoms. The van der Waals surface area contributed by atoms with Crippen molar-refractivity contribution >= 4 is 12.0 Å². The average Bonchev–Trinajstić information content (AvgIpc) is 2.99. The lowest BCUT2D eigenvalue weighted by atomic mass is 10.1. The van der Waals surface area contributed by atoms with E-state index in [9.17, 15) is 4.79 Å². The Morgan fingerprint density at radius 3 is 2.62 bits per heavy atom. The lowest BCUT2D eigenvalue weighted by Gasteiger charge is -2.11. The Morgan fingerprint density at radius 2 is 2.05 bits per heavy atom. The molecule has 4 nitrogen and oxygen atoms in total. The van der Waals surface area contributed by atoms with Gasteiger partial charge in [0.15, 0.2) is 0 Å². The minimum Gasteiger partial charge on any atom is -0.494 e. The highest BCUT2D eigenvalue weighted by Crippen LogP contribution is 2.19. The van der Waals surface area contributed by atoms with Gasteiger partial charge in [-0.25, -0.2) is 0 Å². The lowest BCUT2D eigenvalue weighted by Crippen LogP contribution is -2.33. The summed E-state index contributed by atoms with van der Waals surface area (Å²) in [5.41, 5.74) is 0.961. The Kier molecular flexibility index (Phi) is 5.39. The number of rotatable bonds is 5. The molecule has 1 fully saturated rings. The third kappa shape index (κ3) is 4.35. The van der Waals surface area contributed by atoms with Crippen LogP contribution in [0.2, 0.25) is 0 Å². The van der Waals surface area contributed by atoms with Gasteiger partial charge in [0.1, 0.15) is 17.4 Å². The van der Waals surface area contributed by atoms with Crippen LogP contribution in [0, 0.1) is 11.3 Å². The van der Waals surface area contributed by atoms with E-state index in [2.05, 4.69) is 5.32 Å². The lowest BCUT2D eigenvalue weighted by molar-refractivity contribution is -0.117. The molecule has 110 valence electrons. The molecule has 1 aliphatic rings. The van der Waals surface area contributed by atoms with E-state index in [0.29, 0.717) is 6.61 Å². The minimum absolute atomic E-state index is 0.144. The fourth-order valence-corrected chi connectivity index (χ4v) is 2.48. The van der Waals surface area contributed by atoms with Gasteiger partial charge in [-0.1, -0.05) is 25.0 Å². The van der Waals surface area contributed by atoms with Crippen LogP contribution in [-0.2, 0) is 4.79 Å². The molecule has 2 rings (SSSR count). The van der Waals surface area contributed by atoms with Crippen molar-refractivity contribution in [3.05, 3.63) is 35.4 Å². The molecule has 21 heavy (non-hydrogen) atoms. The van der Waals surface area contributed by atoms with Crippen molar-refractivity contribution in [1.29, 1.82) is 5.26 Å². The number of amides is 1. The maximum atomic E-state index is 12.1. The molecule has 1 amide bonds. The summed E-state index contributed by atoms with van der Waals surface area (Å²) in [6, 6.07) is 9.54. The standard InChI is InChI=1S/C17H20N2O2/c1-2-21-16-9-7-13(8-10-16)11-14(12-18)17(20)19-15-5-3-4-6-15/h7-11,15H,2-6H2,1H3,(H,19,20)/b14-11-. The molecule has 1 aromatic carbocycles. The van der Waals surface area contributed by atoms with Gasteiger partial charge in [0.05, 0.1) is 6.61 Å². The second-order valence-electron chi connectivity index (χ2n) is 5.13. The SMILES string of the molecule is CCOc1ccc(/C=C(/C#N)C(=O)NC2CCCC2)cc1. The number of hydrogen-bond donors (Lipinski definition) is 1. The predicted octanol–water partition coefficient (Wildman–Crippen LogP) is 3.05. The number of nitriles is 1. The van der Waals surface area contributed by atoms with Crippen molar-refractivity contribution in [2.45, 2.75) is 38.6 Å². The summed E-state index contributed by atoms with van der Waals surface area (Å²) < 4.78 is 5.36. The van der Waals surface area contributed by atoms with Gasteiger partial charge in [-0.05, 0) is 43.5 Å². The van der Waals surface area contributed by atoms with E-state index in [1.807, 2.05) is 37.3 Å². The quantitative estimate of drug-likeness (QED) is 0.667. The van der Waals surface area contributed by atoms with Crippen LogP contribution in [0.3, 0.4) is 0 Å². The first kappa shape index (κ1) is 15.1. The third-order valence-electron chi connectivity index (χ3n) is 3.56. The molecule has 0 saturated heterocycles. The first-order valence-electron chi connectivity index (χ1n) is 7.38. The summed E-state index contributed by atoms with van der Waals surface area (Å²) >= 11 is 0. The number of hydrogen-bond acceptors (Lipinski definition) is 3. The van der Waals surface area contributed by atoms with Crippen LogP contribution < -0.4 is 10.1 Å². The normalized spacial score (nSPS) is 15.5. The monoisotopic (exact) mass is 284 g/mol. The highest BCUT2D eigenvalue weighted by atomic mass is 16.5. The highest BCUT2D eigenvalue weighted by molar-refractivity contribution is 6.01. The van der Waals surface area contributed by atoms with E-state index >= 15 is 0 Å². The van der Waals surface area contributed by atoms with Crippen LogP contribution in [0.5, 0.6) is 5.75 Å². The molecule has 0 atom stereocenters. The average molecular weight is 284 g/mol. The first-order chi connectivity index (χ1) is 10.2. The molecule has 1 saturated carbocycles. The van der Waals surface area contributed by atoms with Crippen LogP contribution in [0.25, 0.3) is 6.08 Å². The van der Waals surface area contributed by atoms with E-state index in [4.69, 9.17) is 10.00 Å². The number of carbonyl (C=O) groups excluding carboxylic acids is 1. The molecular weight excluding hydrogens is 264 g/mol. The number of benzene rings is 1. The van der Waals surface area contributed by atoms with Crippen molar-refractivity contribution in [3.63, 3.8) is 0 Å². The van der Waals surface area contributed by atoms with Crippen molar-refractivity contribution in [3.8, 4) is 11.8 Å². The molecule has 0 aromatic heterocycles. The number of ether oxygens (including phenoxy) is 1. The van der Waals surface area contributed by atoms with Crippen LogP contribution >= 0.6 is 0 Å². The first-order valence-corrected chi connectivity index (χ1v) is 7.38. The van der Waals surface area contributed by atoms with Gasteiger partial charge in [0, 0.05) is 6.04 Å². The number of nitrogens with zero attached hydrogens (tertiary/aromatic N) is 1.